The summed E-state index contributed by atoms with van der Waals surface area (Å²) in [5.74, 6) is 1.53. The predicted octanol–water partition coefficient (Wildman–Crippen LogP) is 5.36. The van der Waals surface area contributed by atoms with Crippen molar-refractivity contribution in [1.29, 1.82) is 0 Å². The van der Waals surface area contributed by atoms with Gasteiger partial charge in [0.15, 0.2) is 11.0 Å². The highest BCUT2D eigenvalue weighted by molar-refractivity contribution is 7.99. The Morgan fingerprint density at radius 2 is 1.85 bits per heavy atom. The van der Waals surface area contributed by atoms with Crippen LogP contribution < -0.4 is 5.32 Å². The number of carbonyl (C=O) groups is 1. The molecule has 1 saturated carbocycles. The number of carbonyl (C=O) groups excluding carboxylic acids is 1. The van der Waals surface area contributed by atoms with Gasteiger partial charge in [-0.1, -0.05) is 80.9 Å². The van der Waals surface area contributed by atoms with Gasteiger partial charge in [-0.25, -0.2) is 4.39 Å². The molecule has 0 bridgehead atoms. The number of benzene rings is 2. The Kier molecular flexibility index (Phi) is 7.81. The molecule has 5 nitrogen and oxygen atoms in total. The van der Waals surface area contributed by atoms with E-state index in [4.69, 9.17) is 0 Å². The largest absolute Gasteiger partial charge is 0.352 e. The number of nitrogens with one attached hydrogen (secondary N) is 1. The van der Waals surface area contributed by atoms with E-state index in [2.05, 4.69) is 41.5 Å². The van der Waals surface area contributed by atoms with E-state index in [0.29, 0.717) is 34.9 Å². The molecule has 0 radical (unpaired) electrons. The first-order valence-corrected chi connectivity index (χ1v) is 12.7. The molecule has 3 aromatic rings. The SMILES string of the molecule is CC1CCCC(NC(=O)CSc2nnc(-c3ccccc3F)n2CCc2ccccc2)C1C. The van der Waals surface area contributed by atoms with Crippen LogP contribution in [0.15, 0.2) is 59.8 Å². The second kappa shape index (κ2) is 11.0. The standard InChI is InChI=1S/C26H31FN4OS/c1-18-9-8-14-23(19(18)2)28-24(32)17-33-26-30-29-25(21-12-6-7-13-22(21)27)31(26)16-15-20-10-4-3-5-11-20/h3-7,10-13,18-19,23H,8-9,14-17H2,1-2H3,(H,28,32). The van der Waals surface area contributed by atoms with Crippen molar-refractivity contribution in [3.63, 3.8) is 0 Å². The molecule has 1 N–H and O–H groups in total. The first-order valence-electron chi connectivity index (χ1n) is 11.7. The molecule has 0 saturated heterocycles. The third-order valence-electron chi connectivity index (χ3n) is 6.68. The Morgan fingerprint density at radius 1 is 1.09 bits per heavy atom. The molecule has 2 aromatic carbocycles. The Morgan fingerprint density at radius 3 is 2.64 bits per heavy atom. The number of thioether (sulfide) groups is 1. The van der Waals surface area contributed by atoms with E-state index in [9.17, 15) is 9.18 Å². The lowest BCUT2D eigenvalue weighted by atomic mass is 9.78. The van der Waals surface area contributed by atoms with E-state index in [-0.39, 0.29) is 23.5 Å². The normalized spacial score (nSPS) is 20.5. The quantitative estimate of drug-likeness (QED) is 0.454. The number of rotatable bonds is 8. The summed E-state index contributed by atoms with van der Waals surface area (Å²) in [4.78, 5) is 12.7. The van der Waals surface area contributed by atoms with Gasteiger partial charge in [0.1, 0.15) is 5.82 Å². The molecule has 1 aromatic heterocycles. The van der Waals surface area contributed by atoms with E-state index < -0.39 is 0 Å². The molecule has 1 aliphatic rings. The number of aromatic nitrogens is 3. The zero-order chi connectivity index (χ0) is 23.2. The average molecular weight is 467 g/mol. The molecule has 7 heteroatoms. The van der Waals surface area contributed by atoms with E-state index in [1.807, 2.05) is 22.8 Å². The van der Waals surface area contributed by atoms with Crippen molar-refractivity contribution in [2.75, 3.05) is 5.75 Å². The lowest BCUT2D eigenvalue weighted by molar-refractivity contribution is -0.120. The van der Waals surface area contributed by atoms with E-state index in [0.717, 1.165) is 19.3 Å². The van der Waals surface area contributed by atoms with Crippen LogP contribution in [0, 0.1) is 17.7 Å². The minimum atomic E-state index is -0.333. The summed E-state index contributed by atoms with van der Waals surface area (Å²) in [6.45, 7) is 5.09. The topological polar surface area (TPSA) is 59.8 Å². The molecule has 4 rings (SSSR count). The number of nitrogens with zero attached hydrogens (tertiary/aromatic N) is 3. The van der Waals surface area contributed by atoms with Crippen LogP contribution in [-0.4, -0.2) is 32.5 Å². The van der Waals surface area contributed by atoms with Gasteiger partial charge in [0.2, 0.25) is 5.91 Å². The van der Waals surface area contributed by atoms with Gasteiger partial charge in [-0.3, -0.25) is 4.79 Å². The average Bonchev–Trinajstić information content (AvgIpc) is 3.23. The zero-order valence-corrected chi connectivity index (χ0v) is 20.0. The number of aryl methyl sites for hydroxylation is 1. The van der Waals surface area contributed by atoms with Crippen LogP contribution in [-0.2, 0) is 17.8 Å². The highest BCUT2D eigenvalue weighted by Crippen LogP contribution is 2.30. The van der Waals surface area contributed by atoms with Crippen LogP contribution in [0.5, 0.6) is 0 Å². The Hall–Kier alpha value is -2.67. The van der Waals surface area contributed by atoms with Crippen molar-refractivity contribution in [1.82, 2.24) is 20.1 Å². The fourth-order valence-corrected chi connectivity index (χ4v) is 5.26. The van der Waals surface area contributed by atoms with Gasteiger partial charge in [0.05, 0.1) is 11.3 Å². The molecule has 1 heterocycles. The summed E-state index contributed by atoms with van der Waals surface area (Å²) in [6.07, 6.45) is 4.18. The highest BCUT2D eigenvalue weighted by atomic mass is 32.2. The van der Waals surface area contributed by atoms with Gasteiger partial charge < -0.3 is 9.88 Å². The van der Waals surface area contributed by atoms with Crippen LogP contribution in [0.3, 0.4) is 0 Å². The van der Waals surface area contributed by atoms with Crippen molar-refractivity contribution in [3.8, 4) is 11.4 Å². The maximum Gasteiger partial charge on any atom is 0.230 e. The van der Waals surface area contributed by atoms with Crippen LogP contribution >= 0.6 is 11.8 Å². The Balaban J connectivity index is 1.48. The third kappa shape index (κ3) is 5.82. The first-order chi connectivity index (χ1) is 16.0. The summed E-state index contributed by atoms with van der Waals surface area (Å²) in [6, 6.07) is 17.0. The van der Waals surface area contributed by atoms with Gasteiger partial charge in [-0.05, 0) is 42.4 Å². The van der Waals surface area contributed by atoms with Crippen LogP contribution in [0.25, 0.3) is 11.4 Å². The summed E-state index contributed by atoms with van der Waals surface area (Å²) >= 11 is 1.36. The number of hydrogen-bond donors (Lipinski definition) is 1. The molecule has 33 heavy (non-hydrogen) atoms. The summed E-state index contributed by atoms with van der Waals surface area (Å²) in [5.41, 5.74) is 1.60. The van der Waals surface area contributed by atoms with Gasteiger partial charge in [-0.2, -0.15) is 0 Å². The van der Waals surface area contributed by atoms with Crippen LogP contribution in [0.4, 0.5) is 4.39 Å². The fraction of sp³-hybridized carbons (Fsp3) is 0.423. The van der Waals surface area contributed by atoms with Gasteiger partial charge in [0, 0.05) is 12.6 Å². The molecule has 3 atom stereocenters. The van der Waals surface area contributed by atoms with E-state index in [1.165, 1.54) is 29.8 Å². The molecule has 0 spiro atoms. The second-order valence-electron chi connectivity index (χ2n) is 8.90. The molecule has 0 aliphatic heterocycles. The second-order valence-corrected chi connectivity index (χ2v) is 9.85. The molecule has 1 amide bonds. The monoisotopic (exact) mass is 466 g/mol. The van der Waals surface area contributed by atoms with Gasteiger partial charge in [0.25, 0.3) is 0 Å². The van der Waals surface area contributed by atoms with Crippen molar-refractivity contribution in [2.24, 2.45) is 11.8 Å². The predicted molar refractivity (Wildman–Crippen MR) is 130 cm³/mol. The van der Waals surface area contributed by atoms with Crippen molar-refractivity contribution in [3.05, 3.63) is 66.0 Å². The van der Waals surface area contributed by atoms with Gasteiger partial charge in [-0.15, -0.1) is 10.2 Å². The van der Waals surface area contributed by atoms with Crippen molar-refractivity contribution in [2.45, 2.75) is 57.3 Å². The number of hydrogen-bond acceptors (Lipinski definition) is 4. The molecular weight excluding hydrogens is 435 g/mol. The lowest BCUT2D eigenvalue weighted by Crippen LogP contribution is -2.44. The zero-order valence-electron chi connectivity index (χ0n) is 19.2. The Labute approximate surface area is 199 Å². The molecular formula is C26H31FN4OS. The van der Waals surface area contributed by atoms with Gasteiger partial charge >= 0.3 is 0 Å². The minimum absolute atomic E-state index is 0.0102. The number of amides is 1. The first kappa shape index (κ1) is 23.5. The highest BCUT2D eigenvalue weighted by Gasteiger charge is 2.28. The maximum absolute atomic E-state index is 14.5. The third-order valence-corrected chi connectivity index (χ3v) is 7.65. The number of halogens is 1. The molecule has 1 aliphatic carbocycles. The summed E-state index contributed by atoms with van der Waals surface area (Å²) in [7, 11) is 0. The molecule has 1 fully saturated rings. The minimum Gasteiger partial charge on any atom is -0.352 e. The van der Waals surface area contributed by atoms with Crippen molar-refractivity contribution >= 4 is 17.7 Å². The maximum atomic E-state index is 14.5. The van der Waals surface area contributed by atoms with E-state index >= 15 is 0 Å². The summed E-state index contributed by atoms with van der Waals surface area (Å²) in [5, 5.41) is 12.5. The fourth-order valence-electron chi connectivity index (χ4n) is 4.49. The van der Waals surface area contributed by atoms with Crippen molar-refractivity contribution < 1.29 is 9.18 Å². The molecule has 3 unspecified atom stereocenters. The van der Waals surface area contributed by atoms with Crippen LogP contribution in [0.2, 0.25) is 0 Å². The Bertz CT molecular complexity index is 1070. The summed E-state index contributed by atoms with van der Waals surface area (Å²) < 4.78 is 16.4. The van der Waals surface area contributed by atoms with Crippen LogP contribution in [0.1, 0.15) is 38.7 Å². The molecule has 174 valence electrons. The smallest absolute Gasteiger partial charge is 0.230 e. The lowest BCUT2D eigenvalue weighted by Gasteiger charge is -2.34. The van der Waals surface area contributed by atoms with E-state index in [1.54, 1.807) is 18.2 Å².